The van der Waals surface area contributed by atoms with E-state index in [4.69, 9.17) is 5.73 Å². The number of anilines is 2. The fraction of sp³-hybridized carbons (Fsp3) is 0.273. The summed E-state index contributed by atoms with van der Waals surface area (Å²) in [6.45, 7) is 2.97. The van der Waals surface area contributed by atoms with E-state index in [2.05, 4.69) is 40.2 Å². The molecule has 0 atom stereocenters. The van der Waals surface area contributed by atoms with Crippen LogP contribution in [0.5, 0.6) is 0 Å². The van der Waals surface area contributed by atoms with Gasteiger partial charge in [-0.15, -0.1) is 36.2 Å². The number of rotatable bonds is 5. The van der Waals surface area contributed by atoms with Crippen LogP contribution >= 0.6 is 36.2 Å². The molecule has 2 N–H and O–H groups in total. The third kappa shape index (κ3) is 5.32. The first kappa shape index (κ1) is 24.2. The zero-order chi connectivity index (χ0) is 19.3. The summed E-state index contributed by atoms with van der Waals surface area (Å²) in [5.74, 6) is -0.0338. The summed E-state index contributed by atoms with van der Waals surface area (Å²) in [5.41, 5.74) is 9.44. The lowest BCUT2D eigenvalue weighted by Crippen LogP contribution is -2.31. The van der Waals surface area contributed by atoms with Crippen LogP contribution < -0.4 is 15.5 Å². The molecule has 2 heterocycles. The molecular formula is C22H26Cl2N4OS. The Morgan fingerprint density at radius 2 is 1.70 bits per heavy atom. The van der Waals surface area contributed by atoms with Gasteiger partial charge in [-0.25, -0.2) is 4.98 Å². The second kappa shape index (κ2) is 11.3. The zero-order valence-electron chi connectivity index (χ0n) is 16.6. The van der Waals surface area contributed by atoms with Crippen LogP contribution in [0.1, 0.15) is 27.5 Å². The van der Waals surface area contributed by atoms with Crippen molar-refractivity contribution < 1.29 is 4.79 Å². The van der Waals surface area contributed by atoms with Crippen LogP contribution in [0.2, 0.25) is 0 Å². The monoisotopic (exact) mass is 464 g/mol. The topological polar surface area (TPSA) is 62.5 Å². The van der Waals surface area contributed by atoms with Gasteiger partial charge in [-0.05, 0) is 30.7 Å². The van der Waals surface area contributed by atoms with Gasteiger partial charge in [0.25, 0.3) is 5.91 Å². The van der Waals surface area contributed by atoms with Crippen LogP contribution in [-0.2, 0) is 13.0 Å². The number of hydrogen-bond donors (Lipinski definition) is 1. The highest BCUT2D eigenvalue weighted by Gasteiger charge is 2.26. The number of aromatic nitrogens is 1. The predicted molar refractivity (Wildman–Crippen MR) is 130 cm³/mol. The summed E-state index contributed by atoms with van der Waals surface area (Å²) in [5, 5.41) is 2.77. The van der Waals surface area contributed by atoms with E-state index >= 15 is 0 Å². The number of fused-ring (bicyclic) bond motifs is 1. The Morgan fingerprint density at radius 1 is 1.00 bits per heavy atom. The molecule has 1 amide bonds. The van der Waals surface area contributed by atoms with E-state index in [1.165, 1.54) is 16.9 Å². The van der Waals surface area contributed by atoms with E-state index in [1.807, 2.05) is 34.5 Å². The molecule has 4 rings (SSSR count). The first-order chi connectivity index (χ1) is 13.8. The first-order valence-corrected chi connectivity index (χ1v) is 10.5. The van der Waals surface area contributed by atoms with Gasteiger partial charge in [0, 0.05) is 31.4 Å². The van der Waals surface area contributed by atoms with E-state index < -0.39 is 0 Å². The van der Waals surface area contributed by atoms with Crippen molar-refractivity contribution in [1.82, 2.24) is 4.98 Å². The summed E-state index contributed by atoms with van der Waals surface area (Å²) in [4.78, 5) is 22.0. The summed E-state index contributed by atoms with van der Waals surface area (Å²) in [6.07, 6.45) is 1.62. The van der Waals surface area contributed by atoms with Gasteiger partial charge in [0.05, 0.1) is 16.4 Å². The standard InChI is InChI=1S/C22H24N4OS.2ClH/c23-12-11-21-24-18(16-28-21)22(27)26-14-6-13-25(15-17-7-2-1-3-8-17)19-9-4-5-10-20(19)26;;/h1-5,7-10,16H,6,11-15,23H2;2*1H. The number of benzene rings is 2. The Labute approximate surface area is 193 Å². The minimum Gasteiger partial charge on any atom is -0.365 e. The van der Waals surface area contributed by atoms with Crippen molar-refractivity contribution in [3.8, 4) is 0 Å². The number of nitrogens with two attached hydrogens (primary N) is 1. The Balaban J connectivity index is 0.00000160. The second-order valence-corrected chi connectivity index (χ2v) is 7.81. The molecule has 0 saturated heterocycles. The highest BCUT2D eigenvalue weighted by Crippen LogP contribution is 2.34. The molecule has 0 saturated carbocycles. The van der Waals surface area contributed by atoms with Crippen molar-refractivity contribution >= 4 is 53.4 Å². The molecule has 8 heteroatoms. The third-order valence-corrected chi connectivity index (χ3v) is 5.82. The van der Waals surface area contributed by atoms with Crippen molar-refractivity contribution in [2.24, 2.45) is 5.73 Å². The highest BCUT2D eigenvalue weighted by molar-refractivity contribution is 7.09. The normalized spacial score (nSPS) is 13.0. The van der Waals surface area contributed by atoms with Crippen molar-refractivity contribution in [2.45, 2.75) is 19.4 Å². The highest BCUT2D eigenvalue weighted by atomic mass is 35.5. The molecule has 0 spiro atoms. The lowest BCUT2D eigenvalue weighted by molar-refractivity contribution is 0.0983. The molecule has 0 aliphatic carbocycles. The molecule has 0 fully saturated rings. The van der Waals surface area contributed by atoms with Gasteiger partial charge in [0.15, 0.2) is 0 Å². The molecular weight excluding hydrogens is 439 g/mol. The Bertz CT molecular complexity index is 951. The number of halogens is 2. The van der Waals surface area contributed by atoms with Gasteiger partial charge < -0.3 is 15.5 Å². The van der Waals surface area contributed by atoms with Gasteiger partial charge in [-0.2, -0.15) is 0 Å². The number of hydrogen-bond acceptors (Lipinski definition) is 5. The minimum absolute atomic E-state index is 0. The number of carbonyl (C=O) groups is 1. The lowest BCUT2D eigenvalue weighted by Gasteiger charge is -2.26. The van der Waals surface area contributed by atoms with E-state index in [9.17, 15) is 4.79 Å². The maximum absolute atomic E-state index is 13.2. The molecule has 0 bridgehead atoms. The van der Waals surface area contributed by atoms with Crippen LogP contribution in [0.4, 0.5) is 11.4 Å². The first-order valence-electron chi connectivity index (χ1n) is 9.60. The maximum Gasteiger partial charge on any atom is 0.277 e. The largest absolute Gasteiger partial charge is 0.365 e. The van der Waals surface area contributed by atoms with Gasteiger partial charge in [0.2, 0.25) is 0 Å². The van der Waals surface area contributed by atoms with Crippen molar-refractivity contribution in [3.63, 3.8) is 0 Å². The smallest absolute Gasteiger partial charge is 0.277 e. The number of para-hydroxylation sites is 2. The average Bonchev–Trinajstić information content (AvgIpc) is 3.12. The SMILES string of the molecule is Cl.Cl.NCCc1nc(C(=O)N2CCCN(Cc3ccccc3)c3ccccc32)cs1. The molecule has 1 aromatic heterocycles. The molecule has 2 aromatic carbocycles. The van der Waals surface area contributed by atoms with Crippen LogP contribution in [0, 0.1) is 0 Å². The van der Waals surface area contributed by atoms with Gasteiger partial charge in [0.1, 0.15) is 5.69 Å². The number of nitrogens with zero attached hydrogens (tertiary/aromatic N) is 3. The number of thiazole rings is 1. The average molecular weight is 465 g/mol. The quantitative estimate of drug-likeness (QED) is 0.601. The fourth-order valence-electron chi connectivity index (χ4n) is 3.59. The van der Waals surface area contributed by atoms with Crippen molar-refractivity contribution in [2.75, 3.05) is 29.4 Å². The Hall–Kier alpha value is -2.12. The van der Waals surface area contributed by atoms with Crippen LogP contribution in [0.15, 0.2) is 60.0 Å². The van der Waals surface area contributed by atoms with Crippen LogP contribution in [0.3, 0.4) is 0 Å². The van der Waals surface area contributed by atoms with E-state index in [1.54, 1.807) is 0 Å². The van der Waals surface area contributed by atoms with Gasteiger partial charge >= 0.3 is 0 Å². The molecule has 160 valence electrons. The predicted octanol–water partition coefficient (Wildman–Crippen LogP) is 4.55. The zero-order valence-corrected chi connectivity index (χ0v) is 19.0. The molecule has 1 aliphatic rings. The van der Waals surface area contributed by atoms with Crippen LogP contribution in [-0.4, -0.2) is 30.5 Å². The van der Waals surface area contributed by atoms with Crippen molar-refractivity contribution in [1.29, 1.82) is 0 Å². The summed E-state index contributed by atoms with van der Waals surface area (Å²) in [7, 11) is 0. The minimum atomic E-state index is -0.0338. The van der Waals surface area contributed by atoms with E-state index in [-0.39, 0.29) is 30.7 Å². The second-order valence-electron chi connectivity index (χ2n) is 6.87. The van der Waals surface area contributed by atoms with E-state index in [0.29, 0.717) is 25.2 Å². The molecule has 1 aliphatic heterocycles. The molecule has 5 nitrogen and oxygen atoms in total. The lowest BCUT2D eigenvalue weighted by atomic mass is 10.1. The van der Waals surface area contributed by atoms with Crippen LogP contribution in [0.25, 0.3) is 0 Å². The summed E-state index contributed by atoms with van der Waals surface area (Å²) < 4.78 is 0. The number of amides is 1. The van der Waals surface area contributed by atoms with Gasteiger partial charge in [-0.3, -0.25) is 4.79 Å². The molecule has 0 radical (unpaired) electrons. The van der Waals surface area contributed by atoms with Crippen molar-refractivity contribution in [3.05, 3.63) is 76.2 Å². The molecule has 3 aromatic rings. The van der Waals surface area contributed by atoms with E-state index in [0.717, 1.165) is 35.9 Å². The van der Waals surface area contributed by atoms with Gasteiger partial charge in [-0.1, -0.05) is 42.5 Å². The Kier molecular flexibility index (Phi) is 9.11. The summed E-state index contributed by atoms with van der Waals surface area (Å²) in [6, 6.07) is 18.6. The fourth-order valence-corrected chi connectivity index (χ4v) is 4.37. The molecule has 30 heavy (non-hydrogen) atoms. The maximum atomic E-state index is 13.2. The molecule has 0 unspecified atom stereocenters. The summed E-state index contributed by atoms with van der Waals surface area (Å²) >= 11 is 1.51. The third-order valence-electron chi connectivity index (χ3n) is 4.91. The number of carbonyl (C=O) groups excluding carboxylic acids is 1. The Morgan fingerprint density at radius 3 is 2.43 bits per heavy atom.